The van der Waals surface area contributed by atoms with Gasteiger partial charge in [-0.3, -0.25) is 0 Å². The zero-order valence-corrected chi connectivity index (χ0v) is 16.2. The van der Waals surface area contributed by atoms with Crippen molar-refractivity contribution in [3.63, 3.8) is 0 Å². The summed E-state index contributed by atoms with van der Waals surface area (Å²) in [5.74, 6) is -5.07. The number of benzene rings is 1. The predicted octanol–water partition coefficient (Wildman–Crippen LogP) is 8.12. The Morgan fingerprint density at radius 3 is 1.80 bits per heavy atom. The van der Waals surface area contributed by atoms with E-state index in [0.717, 1.165) is 0 Å². The molecule has 1 aromatic rings. The summed E-state index contributed by atoms with van der Waals surface area (Å²) in [5, 5.41) is 0. The van der Waals surface area contributed by atoms with Crippen LogP contribution in [0.3, 0.4) is 0 Å². The minimum absolute atomic E-state index is 0.421. The SMILES string of the molecule is COc1ccc(OP2(Cl)=NP(Cl)(Cl)=NP(Cl)(Cl)=N2)cc1. The molecule has 0 saturated carbocycles. The van der Waals surface area contributed by atoms with Crippen molar-refractivity contribution >= 4 is 74.8 Å². The van der Waals surface area contributed by atoms with Gasteiger partial charge in [0.25, 0.3) is 11.8 Å². The van der Waals surface area contributed by atoms with E-state index in [4.69, 9.17) is 65.5 Å². The maximum Gasteiger partial charge on any atom is 0.350 e. The molecule has 0 aliphatic carbocycles. The van der Waals surface area contributed by atoms with E-state index in [0.29, 0.717) is 11.5 Å². The number of hydrogen-bond acceptors (Lipinski definition) is 5. The lowest BCUT2D eigenvalue weighted by Crippen LogP contribution is -1.87. The van der Waals surface area contributed by atoms with Crippen LogP contribution < -0.4 is 9.26 Å². The fraction of sp³-hybridized carbons (Fsp3) is 0.143. The van der Waals surface area contributed by atoms with Crippen LogP contribution in [0.2, 0.25) is 0 Å². The second-order valence-corrected chi connectivity index (χ2v) is 16.5. The predicted molar refractivity (Wildman–Crippen MR) is 90.9 cm³/mol. The Hall–Kier alpha value is 0.960. The normalized spacial score (nSPS) is 26.7. The Labute approximate surface area is 140 Å². The Morgan fingerprint density at radius 1 is 0.800 bits per heavy atom. The summed E-state index contributed by atoms with van der Waals surface area (Å²) >= 11 is 30.0. The number of ether oxygens (including phenoxy) is 1. The highest BCUT2D eigenvalue weighted by Gasteiger charge is 2.34. The van der Waals surface area contributed by atoms with Crippen molar-refractivity contribution in [1.82, 2.24) is 0 Å². The van der Waals surface area contributed by atoms with Gasteiger partial charge in [0.05, 0.1) is 7.11 Å². The molecule has 0 radical (unpaired) electrons. The van der Waals surface area contributed by atoms with Gasteiger partial charge in [-0.1, -0.05) is 0 Å². The lowest BCUT2D eigenvalue weighted by molar-refractivity contribution is 0.414. The Morgan fingerprint density at radius 2 is 1.30 bits per heavy atom. The van der Waals surface area contributed by atoms with Gasteiger partial charge >= 0.3 is 6.78 Å². The first-order valence-electron chi connectivity index (χ1n) is 4.87. The smallest absolute Gasteiger partial charge is 0.350 e. The summed E-state index contributed by atoms with van der Waals surface area (Å²) in [4.78, 5) is 0. The van der Waals surface area contributed by atoms with Crippen LogP contribution in [0.1, 0.15) is 0 Å². The van der Waals surface area contributed by atoms with Crippen molar-refractivity contribution in [2.75, 3.05) is 7.11 Å². The first kappa shape index (κ1) is 17.3. The Kier molecular flexibility index (Phi) is 5.39. The summed E-state index contributed by atoms with van der Waals surface area (Å²) in [6, 6.07) is 6.68. The number of halogens is 5. The molecular formula is C7H7Cl5N3O2P3. The monoisotopic (exact) mass is 433 g/mol. The second kappa shape index (κ2) is 6.22. The summed E-state index contributed by atoms with van der Waals surface area (Å²) in [6.07, 6.45) is 0. The minimum atomic E-state index is -3.19. The highest BCUT2D eigenvalue weighted by atomic mass is 35.9. The van der Waals surface area contributed by atoms with Gasteiger partial charge in [-0.25, -0.2) is 0 Å². The van der Waals surface area contributed by atoms with Gasteiger partial charge in [-0.2, -0.15) is 13.5 Å². The lowest BCUT2D eigenvalue weighted by Gasteiger charge is -2.21. The maximum atomic E-state index is 6.23. The zero-order chi connectivity index (χ0) is 15.0. The molecule has 1 unspecified atom stereocenters. The van der Waals surface area contributed by atoms with Crippen molar-refractivity contribution in [3.05, 3.63) is 24.3 Å². The molecule has 0 N–H and O–H groups in total. The molecule has 0 amide bonds. The molecule has 1 heterocycles. The van der Waals surface area contributed by atoms with Crippen molar-refractivity contribution in [1.29, 1.82) is 0 Å². The third-order valence-electron chi connectivity index (χ3n) is 1.93. The van der Waals surface area contributed by atoms with Crippen LogP contribution in [0.5, 0.6) is 11.5 Å². The van der Waals surface area contributed by atoms with E-state index < -0.39 is 18.6 Å². The molecule has 0 spiro atoms. The molecule has 1 aliphatic heterocycles. The second-order valence-electron chi connectivity index (χ2n) is 3.42. The average Bonchev–Trinajstić information content (AvgIpc) is 2.24. The van der Waals surface area contributed by atoms with E-state index in [1.54, 1.807) is 31.4 Å². The maximum absolute atomic E-state index is 6.23. The van der Waals surface area contributed by atoms with Crippen molar-refractivity contribution in [2.24, 2.45) is 13.5 Å². The Balaban J connectivity index is 2.39. The molecule has 5 nitrogen and oxygen atoms in total. The zero-order valence-electron chi connectivity index (χ0n) is 9.70. The first-order chi connectivity index (χ1) is 9.13. The molecule has 1 atom stereocenters. The van der Waals surface area contributed by atoms with Crippen LogP contribution in [0.15, 0.2) is 37.8 Å². The van der Waals surface area contributed by atoms with Gasteiger partial charge in [0.2, 0.25) is 0 Å². The fourth-order valence-electron chi connectivity index (χ4n) is 1.26. The molecule has 1 aromatic carbocycles. The van der Waals surface area contributed by atoms with E-state index in [2.05, 4.69) is 13.5 Å². The highest BCUT2D eigenvalue weighted by molar-refractivity contribution is 8.22. The van der Waals surface area contributed by atoms with E-state index >= 15 is 0 Å². The van der Waals surface area contributed by atoms with Gasteiger partial charge in [0, 0.05) is 0 Å². The third-order valence-corrected chi connectivity index (χ3v) is 13.9. The van der Waals surface area contributed by atoms with Crippen LogP contribution in [0.4, 0.5) is 0 Å². The summed E-state index contributed by atoms with van der Waals surface area (Å²) < 4.78 is 22.3. The van der Waals surface area contributed by atoms with Crippen LogP contribution in [-0.4, -0.2) is 7.11 Å². The van der Waals surface area contributed by atoms with Gasteiger partial charge in [-0.05, 0) is 80.5 Å². The standard InChI is InChI=1S/C7H7Cl5N3O2P3/c1-16-6-2-4-7(5-3-6)17-20(12)14-18(8,9)13-19(10,11)15-20/h2-5H,1H3. The largest absolute Gasteiger partial charge is 0.497 e. The van der Waals surface area contributed by atoms with Crippen molar-refractivity contribution in [2.45, 2.75) is 0 Å². The molecule has 0 aromatic heterocycles. The van der Waals surface area contributed by atoms with E-state index in [9.17, 15) is 0 Å². The summed E-state index contributed by atoms with van der Waals surface area (Å²) in [5.41, 5.74) is 0. The van der Waals surface area contributed by atoms with Crippen molar-refractivity contribution < 1.29 is 9.26 Å². The van der Waals surface area contributed by atoms with E-state index in [1.165, 1.54) is 0 Å². The molecule has 0 bridgehead atoms. The number of nitrogens with zero attached hydrogens (tertiary/aromatic N) is 3. The summed E-state index contributed by atoms with van der Waals surface area (Å²) in [6.45, 7) is -3.19. The van der Waals surface area contributed by atoms with Crippen LogP contribution in [0, 0.1) is 0 Å². The van der Waals surface area contributed by atoms with Gasteiger partial charge in [-0.15, -0.1) is 0 Å². The number of hydrogen-bond donors (Lipinski definition) is 0. The van der Waals surface area contributed by atoms with Gasteiger partial charge in [0.15, 0.2) is 0 Å². The highest BCUT2D eigenvalue weighted by Crippen LogP contribution is 2.86. The van der Waals surface area contributed by atoms with Gasteiger partial charge < -0.3 is 9.26 Å². The third kappa shape index (κ3) is 4.73. The molecule has 2 rings (SSSR count). The average molecular weight is 435 g/mol. The topological polar surface area (TPSA) is 55.5 Å². The van der Waals surface area contributed by atoms with Crippen molar-refractivity contribution in [3.8, 4) is 11.5 Å². The lowest BCUT2D eigenvalue weighted by atomic mass is 10.3. The van der Waals surface area contributed by atoms with Gasteiger partial charge in [0.1, 0.15) is 11.5 Å². The van der Waals surface area contributed by atoms with E-state index in [-0.39, 0.29) is 0 Å². The minimum Gasteiger partial charge on any atom is -0.497 e. The summed E-state index contributed by atoms with van der Waals surface area (Å²) in [7, 11) is 1.55. The molecule has 0 saturated heterocycles. The Bertz CT molecular complexity index is 672. The molecule has 20 heavy (non-hydrogen) atoms. The molecular weight excluding hydrogens is 428 g/mol. The molecule has 1 aliphatic rings. The molecule has 13 heteroatoms. The number of methoxy groups -OCH3 is 1. The number of rotatable bonds is 3. The van der Waals surface area contributed by atoms with Crippen LogP contribution >= 0.6 is 74.8 Å². The van der Waals surface area contributed by atoms with Crippen LogP contribution in [-0.2, 0) is 0 Å². The quantitative estimate of drug-likeness (QED) is 0.450. The first-order valence-corrected chi connectivity index (χ1v) is 14.4. The van der Waals surface area contributed by atoms with E-state index in [1.807, 2.05) is 0 Å². The van der Waals surface area contributed by atoms with Crippen LogP contribution in [0.25, 0.3) is 0 Å². The molecule has 0 fully saturated rings. The molecule has 112 valence electrons. The fourth-order valence-corrected chi connectivity index (χ4v) is 17.8.